The third-order valence-electron chi connectivity index (χ3n) is 3.77. The minimum atomic E-state index is 0.191. The van der Waals surface area contributed by atoms with Crippen LogP contribution in [0.1, 0.15) is 11.1 Å². The third kappa shape index (κ3) is 2.11. The largest absolute Gasteiger partial charge is 0.224 e. The second kappa shape index (κ2) is 4.83. The molecule has 0 spiro atoms. The molecule has 4 rings (SSSR count). The number of halogens is 2. The number of fused-ring (bicyclic) bond motifs is 3. The Bertz CT molecular complexity index is 845. The van der Waals surface area contributed by atoms with Crippen LogP contribution >= 0.6 is 23.2 Å². The molecular formula is C17H10Cl2N2. The first kappa shape index (κ1) is 12.8. The molecule has 102 valence electrons. The molecule has 0 aliphatic heterocycles. The Labute approximate surface area is 132 Å². The van der Waals surface area contributed by atoms with Crippen LogP contribution < -0.4 is 0 Å². The number of rotatable bonds is 1. The molecule has 1 aliphatic carbocycles. The number of nitrogens with zero attached hydrogens (tertiary/aromatic N) is 2. The van der Waals surface area contributed by atoms with Crippen molar-refractivity contribution < 1.29 is 0 Å². The van der Waals surface area contributed by atoms with Gasteiger partial charge in [0.1, 0.15) is 5.15 Å². The van der Waals surface area contributed by atoms with E-state index in [1.165, 1.54) is 11.1 Å². The summed E-state index contributed by atoms with van der Waals surface area (Å²) < 4.78 is 0. The van der Waals surface area contributed by atoms with Crippen LogP contribution in [0.15, 0.2) is 48.5 Å². The summed E-state index contributed by atoms with van der Waals surface area (Å²) in [6.45, 7) is 0. The molecule has 1 aliphatic rings. The SMILES string of the molecule is Clc1nc(Cl)c2c(n1)-c1cc(-c3ccccc3)ccc1C2. The molecule has 1 heterocycles. The van der Waals surface area contributed by atoms with E-state index in [2.05, 4.69) is 40.3 Å². The monoisotopic (exact) mass is 312 g/mol. The zero-order valence-corrected chi connectivity index (χ0v) is 12.5. The molecule has 0 bridgehead atoms. The summed E-state index contributed by atoms with van der Waals surface area (Å²) in [6, 6.07) is 16.7. The molecule has 0 atom stereocenters. The Morgan fingerprint density at radius 2 is 1.67 bits per heavy atom. The Morgan fingerprint density at radius 3 is 2.48 bits per heavy atom. The van der Waals surface area contributed by atoms with Crippen LogP contribution in [-0.4, -0.2) is 9.97 Å². The molecule has 0 radical (unpaired) electrons. The molecule has 3 aromatic rings. The highest BCUT2D eigenvalue weighted by molar-refractivity contribution is 6.32. The van der Waals surface area contributed by atoms with Gasteiger partial charge in [-0.15, -0.1) is 0 Å². The summed E-state index contributed by atoms with van der Waals surface area (Å²) in [6.07, 6.45) is 0.760. The summed E-state index contributed by atoms with van der Waals surface area (Å²) in [5.41, 5.74) is 6.46. The van der Waals surface area contributed by atoms with Crippen molar-refractivity contribution in [1.82, 2.24) is 9.97 Å². The van der Waals surface area contributed by atoms with E-state index in [0.29, 0.717) is 5.15 Å². The van der Waals surface area contributed by atoms with E-state index in [1.807, 2.05) is 18.2 Å². The van der Waals surface area contributed by atoms with Crippen LogP contribution in [0.2, 0.25) is 10.4 Å². The summed E-state index contributed by atoms with van der Waals surface area (Å²) >= 11 is 12.1. The Hall–Kier alpha value is -1.90. The molecule has 0 saturated heterocycles. The number of hydrogen-bond donors (Lipinski definition) is 0. The fourth-order valence-electron chi connectivity index (χ4n) is 2.76. The van der Waals surface area contributed by atoms with Gasteiger partial charge in [-0.05, 0) is 34.4 Å². The van der Waals surface area contributed by atoms with Crippen molar-refractivity contribution in [3.8, 4) is 22.4 Å². The average Bonchev–Trinajstić information content (AvgIpc) is 2.86. The van der Waals surface area contributed by atoms with Crippen molar-refractivity contribution >= 4 is 23.2 Å². The lowest BCUT2D eigenvalue weighted by atomic mass is 10.0. The Balaban J connectivity index is 1.91. The zero-order valence-electron chi connectivity index (χ0n) is 11.0. The van der Waals surface area contributed by atoms with E-state index in [-0.39, 0.29) is 5.28 Å². The second-order valence-corrected chi connectivity index (χ2v) is 5.72. The molecule has 0 saturated carbocycles. The quantitative estimate of drug-likeness (QED) is 0.364. The van der Waals surface area contributed by atoms with Gasteiger partial charge >= 0.3 is 0 Å². The number of aromatic nitrogens is 2. The van der Waals surface area contributed by atoms with Gasteiger partial charge < -0.3 is 0 Å². The second-order valence-electron chi connectivity index (χ2n) is 5.03. The molecule has 0 unspecified atom stereocenters. The van der Waals surface area contributed by atoms with Crippen LogP contribution in [0, 0.1) is 0 Å². The summed E-state index contributed by atoms with van der Waals surface area (Å²) in [7, 11) is 0. The van der Waals surface area contributed by atoms with E-state index in [4.69, 9.17) is 23.2 Å². The van der Waals surface area contributed by atoms with Crippen LogP contribution in [-0.2, 0) is 6.42 Å². The predicted molar refractivity (Wildman–Crippen MR) is 85.7 cm³/mol. The smallest absolute Gasteiger partial charge is 0.217 e. The van der Waals surface area contributed by atoms with Crippen LogP contribution in [0.25, 0.3) is 22.4 Å². The van der Waals surface area contributed by atoms with Gasteiger partial charge in [-0.1, -0.05) is 54.1 Å². The van der Waals surface area contributed by atoms with Crippen molar-refractivity contribution in [2.45, 2.75) is 6.42 Å². The van der Waals surface area contributed by atoms with Gasteiger partial charge in [0.05, 0.1) is 5.69 Å². The van der Waals surface area contributed by atoms with Gasteiger partial charge in [-0.25, -0.2) is 9.97 Å². The van der Waals surface area contributed by atoms with E-state index >= 15 is 0 Å². The van der Waals surface area contributed by atoms with E-state index < -0.39 is 0 Å². The number of benzene rings is 2. The fourth-order valence-corrected chi connectivity index (χ4v) is 3.21. The predicted octanol–water partition coefficient (Wildman–Crippen LogP) is 5.02. The summed E-state index contributed by atoms with van der Waals surface area (Å²) in [5.74, 6) is 0. The Kier molecular flexibility index (Phi) is 2.95. The van der Waals surface area contributed by atoms with Crippen LogP contribution in [0.4, 0.5) is 0 Å². The third-order valence-corrected chi connectivity index (χ3v) is 4.25. The minimum absolute atomic E-state index is 0.191. The van der Waals surface area contributed by atoms with Crippen molar-refractivity contribution in [2.75, 3.05) is 0 Å². The van der Waals surface area contributed by atoms with Crippen molar-refractivity contribution in [1.29, 1.82) is 0 Å². The summed E-state index contributed by atoms with van der Waals surface area (Å²) in [4.78, 5) is 8.39. The molecular weight excluding hydrogens is 303 g/mol. The van der Waals surface area contributed by atoms with Crippen molar-refractivity contribution in [3.05, 3.63) is 70.1 Å². The van der Waals surface area contributed by atoms with Crippen molar-refractivity contribution in [2.24, 2.45) is 0 Å². The standard InChI is InChI=1S/C17H10Cl2N2/c18-16-14-9-12-7-6-11(10-4-2-1-3-5-10)8-13(12)15(14)20-17(19)21-16/h1-8H,9H2. The number of hydrogen-bond acceptors (Lipinski definition) is 2. The topological polar surface area (TPSA) is 25.8 Å². The van der Waals surface area contributed by atoms with Crippen molar-refractivity contribution in [3.63, 3.8) is 0 Å². The lowest BCUT2D eigenvalue weighted by Crippen LogP contribution is -1.91. The average molecular weight is 313 g/mol. The first-order chi connectivity index (χ1) is 10.2. The molecule has 0 amide bonds. The normalized spacial score (nSPS) is 12.1. The van der Waals surface area contributed by atoms with E-state index in [9.17, 15) is 0 Å². The van der Waals surface area contributed by atoms with Gasteiger partial charge in [0.15, 0.2) is 0 Å². The molecule has 0 fully saturated rings. The molecule has 4 heteroatoms. The van der Waals surface area contributed by atoms with Gasteiger partial charge in [-0.2, -0.15) is 0 Å². The van der Waals surface area contributed by atoms with Crippen LogP contribution in [0.5, 0.6) is 0 Å². The van der Waals surface area contributed by atoms with Gasteiger partial charge in [0.2, 0.25) is 5.28 Å². The highest BCUT2D eigenvalue weighted by Gasteiger charge is 2.24. The van der Waals surface area contributed by atoms with Gasteiger partial charge in [0.25, 0.3) is 0 Å². The van der Waals surface area contributed by atoms with Gasteiger partial charge in [-0.3, -0.25) is 0 Å². The van der Waals surface area contributed by atoms with Gasteiger partial charge in [0, 0.05) is 17.5 Å². The van der Waals surface area contributed by atoms with E-state index in [1.54, 1.807) is 0 Å². The first-order valence-corrected chi connectivity index (χ1v) is 7.38. The highest BCUT2D eigenvalue weighted by Crippen LogP contribution is 2.40. The highest BCUT2D eigenvalue weighted by atomic mass is 35.5. The molecule has 0 N–H and O–H groups in total. The van der Waals surface area contributed by atoms with Crippen LogP contribution in [0.3, 0.4) is 0 Å². The molecule has 1 aromatic heterocycles. The maximum Gasteiger partial charge on any atom is 0.224 e. The maximum atomic E-state index is 6.19. The summed E-state index contributed by atoms with van der Waals surface area (Å²) in [5, 5.41) is 0.638. The zero-order chi connectivity index (χ0) is 14.4. The Morgan fingerprint density at radius 1 is 0.857 bits per heavy atom. The maximum absolute atomic E-state index is 6.19. The fraction of sp³-hybridized carbons (Fsp3) is 0.0588. The lowest BCUT2D eigenvalue weighted by molar-refractivity contribution is 1.12. The minimum Gasteiger partial charge on any atom is -0.217 e. The van der Waals surface area contributed by atoms with E-state index in [0.717, 1.165) is 28.8 Å². The lowest BCUT2D eigenvalue weighted by Gasteiger charge is -2.06. The molecule has 2 aromatic carbocycles. The molecule has 21 heavy (non-hydrogen) atoms. The molecule has 2 nitrogen and oxygen atoms in total. The first-order valence-electron chi connectivity index (χ1n) is 6.63.